The summed E-state index contributed by atoms with van der Waals surface area (Å²) >= 11 is 6.15. The average Bonchev–Trinajstić information content (AvgIpc) is 2.82. The number of furan rings is 1. The van der Waals surface area contributed by atoms with Gasteiger partial charge in [0.25, 0.3) is 5.91 Å². The molecule has 0 radical (unpaired) electrons. The van der Waals surface area contributed by atoms with Gasteiger partial charge in [-0.05, 0) is 37.2 Å². The van der Waals surface area contributed by atoms with Crippen molar-refractivity contribution >= 4 is 29.9 Å². The van der Waals surface area contributed by atoms with Gasteiger partial charge < -0.3 is 14.6 Å². The summed E-state index contributed by atoms with van der Waals surface area (Å²) in [5.41, 5.74) is 0.802. The summed E-state index contributed by atoms with van der Waals surface area (Å²) in [6.07, 6.45) is 0.962. The molecular weight excluding hydrogens is 323 g/mol. The first-order chi connectivity index (χ1) is 10.3. The van der Waals surface area contributed by atoms with Crippen LogP contribution >= 0.6 is 24.0 Å². The van der Waals surface area contributed by atoms with Crippen LogP contribution in [-0.4, -0.2) is 37.0 Å². The Labute approximate surface area is 140 Å². The summed E-state index contributed by atoms with van der Waals surface area (Å²) in [5, 5.41) is 3.90. The highest BCUT2D eigenvalue weighted by atomic mass is 35.5. The van der Waals surface area contributed by atoms with Crippen molar-refractivity contribution in [1.29, 1.82) is 0 Å². The van der Waals surface area contributed by atoms with E-state index in [1.165, 1.54) is 0 Å². The Hall–Kier alpha value is -1.49. The zero-order chi connectivity index (χ0) is 14.7. The quantitative estimate of drug-likeness (QED) is 0.910. The lowest BCUT2D eigenvalue weighted by molar-refractivity contribution is 0.0735. The molecule has 2 heterocycles. The van der Waals surface area contributed by atoms with Crippen LogP contribution in [-0.2, 0) is 0 Å². The predicted octanol–water partition coefficient (Wildman–Crippen LogP) is 3.46. The molecule has 3 rings (SSSR count). The summed E-state index contributed by atoms with van der Waals surface area (Å²) in [4.78, 5) is 14.3. The Morgan fingerprint density at radius 1 is 1.14 bits per heavy atom. The van der Waals surface area contributed by atoms with E-state index in [1.807, 2.05) is 23.1 Å². The second-order valence-corrected chi connectivity index (χ2v) is 5.45. The SMILES string of the molecule is Cl.O=C(c1ccc(-c2ccccc2Cl)o1)N1CCCNCC1. The summed E-state index contributed by atoms with van der Waals surface area (Å²) in [5.74, 6) is 0.931. The van der Waals surface area contributed by atoms with Gasteiger partial charge in [-0.2, -0.15) is 0 Å². The summed E-state index contributed by atoms with van der Waals surface area (Å²) < 4.78 is 5.71. The first-order valence-electron chi connectivity index (χ1n) is 7.10. The van der Waals surface area contributed by atoms with Crippen LogP contribution in [0.3, 0.4) is 0 Å². The van der Waals surface area contributed by atoms with Gasteiger partial charge in [0.2, 0.25) is 0 Å². The number of carbonyl (C=O) groups excluding carboxylic acids is 1. The Kier molecular flexibility index (Phi) is 5.89. The van der Waals surface area contributed by atoms with Gasteiger partial charge in [0, 0.05) is 25.2 Å². The van der Waals surface area contributed by atoms with Gasteiger partial charge >= 0.3 is 0 Å². The molecule has 6 heteroatoms. The lowest BCUT2D eigenvalue weighted by Gasteiger charge is -2.18. The highest BCUT2D eigenvalue weighted by Crippen LogP contribution is 2.29. The minimum Gasteiger partial charge on any atom is -0.451 e. The Morgan fingerprint density at radius 2 is 1.95 bits per heavy atom. The molecule has 0 bridgehead atoms. The van der Waals surface area contributed by atoms with Crippen molar-refractivity contribution in [1.82, 2.24) is 10.2 Å². The number of amides is 1. The highest BCUT2D eigenvalue weighted by molar-refractivity contribution is 6.33. The van der Waals surface area contributed by atoms with Crippen LogP contribution < -0.4 is 5.32 Å². The number of halogens is 2. The Morgan fingerprint density at radius 3 is 2.77 bits per heavy atom. The Balaban J connectivity index is 0.00000176. The van der Waals surface area contributed by atoms with Crippen LogP contribution in [0.1, 0.15) is 17.0 Å². The van der Waals surface area contributed by atoms with Crippen LogP contribution in [0.5, 0.6) is 0 Å². The van der Waals surface area contributed by atoms with Crippen molar-refractivity contribution in [3.05, 3.63) is 47.2 Å². The Bertz CT molecular complexity index is 635. The number of hydrogen-bond donors (Lipinski definition) is 1. The fraction of sp³-hybridized carbons (Fsp3) is 0.312. The van der Waals surface area contributed by atoms with Crippen molar-refractivity contribution in [3.63, 3.8) is 0 Å². The van der Waals surface area contributed by atoms with E-state index in [1.54, 1.807) is 18.2 Å². The standard InChI is InChI=1S/C16H17ClN2O2.ClH/c17-13-5-2-1-4-12(13)14-6-7-15(21-14)16(20)19-10-3-8-18-9-11-19;/h1-2,4-7,18H,3,8-11H2;1H. The van der Waals surface area contributed by atoms with Gasteiger partial charge in [0.15, 0.2) is 5.76 Å². The maximum Gasteiger partial charge on any atom is 0.289 e. The van der Waals surface area contributed by atoms with E-state index in [0.29, 0.717) is 23.1 Å². The first kappa shape index (κ1) is 16.9. The summed E-state index contributed by atoms with van der Waals surface area (Å²) in [6, 6.07) is 11.0. The minimum absolute atomic E-state index is 0. The van der Waals surface area contributed by atoms with Crippen LogP contribution in [0.25, 0.3) is 11.3 Å². The number of carbonyl (C=O) groups is 1. The monoisotopic (exact) mass is 340 g/mol. The molecule has 1 aliphatic rings. The fourth-order valence-corrected chi connectivity index (χ4v) is 2.69. The van der Waals surface area contributed by atoms with Crippen LogP contribution in [0.4, 0.5) is 0 Å². The number of nitrogens with zero attached hydrogens (tertiary/aromatic N) is 1. The minimum atomic E-state index is -0.0583. The number of rotatable bonds is 2. The third-order valence-electron chi connectivity index (χ3n) is 3.58. The molecular formula is C16H18Cl2N2O2. The molecule has 0 aliphatic carbocycles. The highest BCUT2D eigenvalue weighted by Gasteiger charge is 2.20. The fourth-order valence-electron chi connectivity index (χ4n) is 2.46. The van der Waals surface area contributed by atoms with Crippen molar-refractivity contribution in [2.45, 2.75) is 6.42 Å². The molecule has 1 aromatic carbocycles. The first-order valence-corrected chi connectivity index (χ1v) is 7.48. The molecule has 0 atom stereocenters. The molecule has 1 fully saturated rings. The van der Waals surface area contributed by atoms with Crippen molar-refractivity contribution < 1.29 is 9.21 Å². The molecule has 2 aromatic rings. The van der Waals surface area contributed by atoms with E-state index in [4.69, 9.17) is 16.0 Å². The van der Waals surface area contributed by atoms with E-state index in [-0.39, 0.29) is 18.3 Å². The van der Waals surface area contributed by atoms with Crippen molar-refractivity contribution in [3.8, 4) is 11.3 Å². The van der Waals surface area contributed by atoms with Crippen LogP contribution in [0, 0.1) is 0 Å². The number of nitrogens with one attached hydrogen (secondary N) is 1. The molecule has 1 aromatic heterocycles. The predicted molar refractivity (Wildman–Crippen MR) is 89.8 cm³/mol. The van der Waals surface area contributed by atoms with Gasteiger partial charge in [-0.1, -0.05) is 23.7 Å². The number of hydrogen-bond acceptors (Lipinski definition) is 3. The number of benzene rings is 1. The lowest BCUT2D eigenvalue weighted by atomic mass is 10.2. The van der Waals surface area contributed by atoms with Gasteiger partial charge in [-0.3, -0.25) is 4.79 Å². The molecule has 0 spiro atoms. The molecule has 4 nitrogen and oxygen atoms in total. The van der Waals surface area contributed by atoms with Gasteiger partial charge in [-0.15, -0.1) is 12.4 Å². The largest absolute Gasteiger partial charge is 0.451 e. The average molecular weight is 341 g/mol. The summed E-state index contributed by atoms with van der Waals surface area (Å²) in [7, 11) is 0. The molecule has 1 aliphatic heterocycles. The second-order valence-electron chi connectivity index (χ2n) is 5.04. The van der Waals surface area contributed by atoms with E-state index in [2.05, 4.69) is 5.32 Å². The molecule has 1 saturated heterocycles. The van der Waals surface area contributed by atoms with Gasteiger partial charge in [0.1, 0.15) is 5.76 Å². The van der Waals surface area contributed by atoms with E-state index in [9.17, 15) is 4.79 Å². The van der Waals surface area contributed by atoms with Crippen molar-refractivity contribution in [2.75, 3.05) is 26.2 Å². The third-order valence-corrected chi connectivity index (χ3v) is 3.91. The second kappa shape index (κ2) is 7.68. The maximum atomic E-state index is 12.5. The van der Waals surface area contributed by atoms with Crippen LogP contribution in [0.15, 0.2) is 40.8 Å². The maximum absolute atomic E-state index is 12.5. The molecule has 1 N–H and O–H groups in total. The topological polar surface area (TPSA) is 45.5 Å². The van der Waals surface area contributed by atoms with E-state index >= 15 is 0 Å². The van der Waals surface area contributed by atoms with Crippen molar-refractivity contribution in [2.24, 2.45) is 0 Å². The van der Waals surface area contributed by atoms with Gasteiger partial charge in [0.05, 0.1) is 5.02 Å². The summed E-state index contributed by atoms with van der Waals surface area (Å²) in [6.45, 7) is 3.24. The molecule has 118 valence electrons. The van der Waals surface area contributed by atoms with E-state index in [0.717, 1.165) is 31.6 Å². The molecule has 0 unspecified atom stereocenters. The molecule has 22 heavy (non-hydrogen) atoms. The molecule has 1 amide bonds. The smallest absolute Gasteiger partial charge is 0.289 e. The zero-order valence-corrected chi connectivity index (χ0v) is 13.6. The molecule has 0 saturated carbocycles. The third kappa shape index (κ3) is 3.64. The zero-order valence-electron chi connectivity index (χ0n) is 12.0. The van der Waals surface area contributed by atoms with Crippen LogP contribution in [0.2, 0.25) is 5.02 Å². The lowest BCUT2D eigenvalue weighted by Crippen LogP contribution is -2.33. The van der Waals surface area contributed by atoms with Gasteiger partial charge in [-0.25, -0.2) is 0 Å². The van der Waals surface area contributed by atoms with E-state index < -0.39 is 0 Å². The normalized spacial score (nSPS) is 15.0.